The van der Waals surface area contributed by atoms with Crippen LogP contribution in [0.2, 0.25) is 0 Å². The highest BCUT2D eigenvalue weighted by molar-refractivity contribution is 5.96. The molecule has 0 aliphatic carbocycles. The van der Waals surface area contributed by atoms with Crippen molar-refractivity contribution in [2.75, 3.05) is 13.6 Å². The highest BCUT2D eigenvalue weighted by atomic mass is 16.2. The summed E-state index contributed by atoms with van der Waals surface area (Å²) in [5.41, 5.74) is 1.25. The molecule has 134 valence electrons. The van der Waals surface area contributed by atoms with Gasteiger partial charge in [0.1, 0.15) is 6.54 Å². The lowest BCUT2D eigenvalue weighted by molar-refractivity contribution is -0.122. The monoisotopic (exact) mass is 336 g/mol. The summed E-state index contributed by atoms with van der Waals surface area (Å²) in [6, 6.07) is 1.52. The third-order valence-electron chi connectivity index (χ3n) is 3.81. The number of hydrogen-bond acceptors (Lipinski definition) is 4. The Morgan fingerprint density at radius 1 is 1.21 bits per heavy atom. The Kier molecular flexibility index (Phi) is 7.16. The summed E-state index contributed by atoms with van der Waals surface area (Å²) in [6.07, 6.45) is 0. The van der Waals surface area contributed by atoms with E-state index in [1.54, 1.807) is 13.8 Å². The topological polar surface area (TPSA) is 92.2 Å². The quantitative estimate of drug-likeness (QED) is 0.669. The van der Waals surface area contributed by atoms with Gasteiger partial charge in [-0.15, -0.1) is 0 Å². The summed E-state index contributed by atoms with van der Waals surface area (Å²) in [6.45, 7) is 9.44. The van der Waals surface area contributed by atoms with Crippen LogP contribution >= 0.6 is 0 Å². The number of rotatable bonds is 7. The van der Waals surface area contributed by atoms with E-state index in [4.69, 9.17) is 0 Å². The first-order chi connectivity index (χ1) is 11.2. The van der Waals surface area contributed by atoms with Gasteiger partial charge in [-0.05, 0) is 47.2 Å². The van der Waals surface area contributed by atoms with E-state index < -0.39 is 0 Å². The van der Waals surface area contributed by atoms with Gasteiger partial charge in [0.15, 0.2) is 0 Å². The molecular formula is C17H28N4O3. The van der Waals surface area contributed by atoms with Crippen molar-refractivity contribution in [3.8, 4) is 0 Å². The molecule has 0 spiro atoms. The summed E-state index contributed by atoms with van der Waals surface area (Å²) < 4.78 is 1.33. The number of amides is 2. The molecule has 2 amide bonds. The lowest BCUT2D eigenvalue weighted by Gasteiger charge is -2.18. The molecule has 0 fully saturated rings. The average Bonchev–Trinajstić information content (AvgIpc) is 2.48. The van der Waals surface area contributed by atoms with Crippen LogP contribution < -0.4 is 21.5 Å². The highest BCUT2D eigenvalue weighted by Gasteiger charge is 2.18. The molecule has 0 bridgehead atoms. The summed E-state index contributed by atoms with van der Waals surface area (Å²) >= 11 is 0. The van der Waals surface area contributed by atoms with Crippen LogP contribution in [0.4, 0.5) is 0 Å². The van der Waals surface area contributed by atoms with E-state index in [1.807, 2.05) is 27.8 Å². The Hall–Kier alpha value is -2.15. The van der Waals surface area contributed by atoms with E-state index in [1.165, 1.54) is 10.6 Å². The van der Waals surface area contributed by atoms with Gasteiger partial charge in [0.05, 0.1) is 5.56 Å². The van der Waals surface area contributed by atoms with Gasteiger partial charge in [-0.2, -0.15) is 0 Å². The summed E-state index contributed by atoms with van der Waals surface area (Å²) in [7, 11) is 1.82. The molecule has 0 saturated heterocycles. The number of carbonyl (C=O) groups is 2. The molecule has 1 aromatic heterocycles. The van der Waals surface area contributed by atoms with Crippen molar-refractivity contribution >= 4 is 11.8 Å². The van der Waals surface area contributed by atoms with Gasteiger partial charge in [0.2, 0.25) is 5.91 Å². The molecular weight excluding hydrogens is 308 g/mol. The minimum absolute atomic E-state index is 0.00948. The number of likely N-dealkylation sites (N-methyl/N-ethyl adjacent to an activating group) is 1. The van der Waals surface area contributed by atoms with E-state index in [0.29, 0.717) is 23.4 Å². The zero-order valence-corrected chi connectivity index (χ0v) is 15.3. The molecule has 1 heterocycles. The van der Waals surface area contributed by atoms with Gasteiger partial charge < -0.3 is 20.5 Å². The first kappa shape index (κ1) is 19.9. The second-order valence-electron chi connectivity index (χ2n) is 6.33. The molecule has 1 atom stereocenters. The number of hydrogen-bond donors (Lipinski definition) is 3. The number of nitrogens with one attached hydrogen (secondary N) is 3. The normalized spacial score (nSPS) is 12.1. The van der Waals surface area contributed by atoms with E-state index in [-0.39, 0.29) is 36.0 Å². The van der Waals surface area contributed by atoms with Crippen LogP contribution in [0.25, 0.3) is 0 Å². The zero-order chi connectivity index (χ0) is 18.4. The molecule has 24 heavy (non-hydrogen) atoms. The van der Waals surface area contributed by atoms with Crippen molar-refractivity contribution in [3.05, 3.63) is 33.2 Å². The lowest BCUT2D eigenvalue weighted by atomic mass is 10.1. The van der Waals surface area contributed by atoms with Crippen molar-refractivity contribution in [3.63, 3.8) is 0 Å². The maximum Gasteiger partial charge on any atom is 0.253 e. The first-order valence-corrected chi connectivity index (χ1v) is 8.13. The van der Waals surface area contributed by atoms with E-state index >= 15 is 0 Å². The van der Waals surface area contributed by atoms with Crippen molar-refractivity contribution in [1.29, 1.82) is 0 Å². The number of carbonyl (C=O) groups excluding carboxylic acids is 2. The first-order valence-electron chi connectivity index (χ1n) is 8.13. The van der Waals surface area contributed by atoms with Crippen LogP contribution in [0.1, 0.15) is 42.4 Å². The SMILES string of the molecule is CNC(C)CNC(=O)c1c(C)cc(=O)n(CC(=O)NC(C)C)c1C. The van der Waals surface area contributed by atoms with Crippen molar-refractivity contribution in [2.24, 2.45) is 0 Å². The fourth-order valence-corrected chi connectivity index (χ4v) is 2.41. The number of pyridine rings is 1. The van der Waals surface area contributed by atoms with E-state index in [2.05, 4.69) is 16.0 Å². The second kappa shape index (κ2) is 8.63. The van der Waals surface area contributed by atoms with E-state index in [9.17, 15) is 14.4 Å². The molecule has 0 saturated carbocycles. The Morgan fingerprint density at radius 3 is 2.38 bits per heavy atom. The molecule has 0 radical (unpaired) electrons. The van der Waals surface area contributed by atoms with E-state index in [0.717, 1.165) is 0 Å². The maximum absolute atomic E-state index is 12.5. The smallest absolute Gasteiger partial charge is 0.253 e. The molecule has 7 nitrogen and oxygen atoms in total. The predicted molar refractivity (Wildman–Crippen MR) is 94.3 cm³/mol. The summed E-state index contributed by atoms with van der Waals surface area (Å²) in [5.74, 6) is -0.501. The van der Waals surface area contributed by atoms with Crippen LogP contribution in [0.5, 0.6) is 0 Å². The van der Waals surface area contributed by atoms with Gasteiger partial charge in [-0.25, -0.2) is 0 Å². The molecule has 3 N–H and O–H groups in total. The standard InChI is InChI=1S/C17H28N4O3/c1-10(2)20-14(22)9-21-13(5)16(11(3)7-15(21)23)17(24)19-8-12(4)18-6/h7,10,12,18H,8-9H2,1-6H3,(H,19,24)(H,20,22). The van der Waals surface area contributed by atoms with Gasteiger partial charge in [0.25, 0.3) is 11.5 Å². The van der Waals surface area contributed by atoms with Crippen LogP contribution in [-0.4, -0.2) is 42.1 Å². The maximum atomic E-state index is 12.5. The Labute approximate surface area is 142 Å². The molecule has 0 aliphatic heterocycles. The second-order valence-corrected chi connectivity index (χ2v) is 6.33. The zero-order valence-electron chi connectivity index (χ0n) is 15.3. The van der Waals surface area contributed by atoms with Crippen LogP contribution in [0.15, 0.2) is 10.9 Å². The fourth-order valence-electron chi connectivity index (χ4n) is 2.41. The number of nitrogens with zero attached hydrogens (tertiary/aromatic N) is 1. The summed E-state index contributed by atoms with van der Waals surface area (Å²) in [5, 5.41) is 8.64. The third-order valence-corrected chi connectivity index (χ3v) is 3.81. The largest absolute Gasteiger partial charge is 0.352 e. The molecule has 1 aromatic rings. The Morgan fingerprint density at radius 2 is 1.83 bits per heavy atom. The third kappa shape index (κ3) is 5.19. The minimum atomic E-state index is -0.288. The van der Waals surface area contributed by atoms with Gasteiger partial charge in [0, 0.05) is 30.4 Å². The number of aryl methyl sites for hydroxylation is 1. The van der Waals surface area contributed by atoms with Crippen LogP contribution in [0.3, 0.4) is 0 Å². The van der Waals surface area contributed by atoms with Crippen LogP contribution in [0, 0.1) is 13.8 Å². The Balaban J connectivity index is 3.10. The molecule has 7 heteroatoms. The molecule has 0 aliphatic rings. The Bertz CT molecular complexity index is 665. The van der Waals surface area contributed by atoms with Crippen molar-refractivity contribution in [1.82, 2.24) is 20.5 Å². The average molecular weight is 336 g/mol. The van der Waals surface area contributed by atoms with Crippen molar-refractivity contribution < 1.29 is 9.59 Å². The van der Waals surface area contributed by atoms with Crippen molar-refractivity contribution in [2.45, 2.75) is 53.2 Å². The summed E-state index contributed by atoms with van der Waals surface area (Å²) in [4.78, 5) is 36.7. The fraction of sp³-hybridized carbons (Fsp3) is 0.588. The highest BCUT2D eigenvalue weighted by Crippen LogP contribution is 2.11. The van der Waals surface area contributed by atoms with Gasteiger partial charge in [-0.1, -0.05) is 0 Å². The predicted octanol–water partition coefficient (Wildman–Crippen LogP) is 0.327. The lowest BCUT2D eigenvalue weighted by Crippen LogP contribution is -2.40. The molecule has 0 aromatic carbocycles. The van der Waals surface area contributed by atoms with Gasteiger partial charge >= 0.3 is 0 Å². The number of aromatic nitrogens is 1. The molecule has 1 rings (SSSR count). The minimum Gasteiger partial charge on any atom is -0.352 e. The van der Waals surface area contributed by atoms with Gasteiger partial charge in [-0.3, -0.25) is 14.4 Å². The molecule has 1 unspecified atom stereocenters. The van der Waals surface area contributed by atoms with Crippen LogP contribution in [-0.2, 0) is 11.3 Å².